The fraction of sp³-hybridized carbons (Fsp3) is 0.367. The standard InChI is InChI=1S/C30H35NO4/c1-22(35-27-12-8-7-11-26(27)25-9-5-4-6-10-25)30(32)31-19-17-23(18-20-31)13-14-24-15-16-28(33-2)29(21-24)34-3/h4-12,15-16,21-23H,13-14,17-20H2,1-3H3. The lowest BCUT2D eigenvalue weighted by atomic mass is 9.90. The number of amides is 1. The summed E-state index contributed by atoms with van der Waals surface area (Å²) in [5.74, 6) is 2.94. The molecule has 0 aliphatic carbocycles. The highest BCUT2D eigenvalue weighted by atomic mass is 16.5. The molecular weight excluding hydrogens is 438 g/mol. The molecule has 5 nitrogen and oxygen atoms in total. The number of aryl methyl sites for hydroxylation is 1. The minimum absolute atomic E-state index is 0.0613. The van der Waals surface area contributed by atoms with E-state index in [2.05, 4.69) is 24.3 Å². The zero-order chi connectivity index (χ0) is 24.6. The highest BCUT2D eigenvalue weighted by Gasteiger charge is 2.27. The van der Waals surface area contributed by atoms with Crippen molar-refractivity contribution in [2.45, 2.75) is 38.7 Å². The van der Waals surface area contributed by atoms with E-state index in [9.17, 15) is 4.79 Å². The Morgan fingerprint density at radius 2 is 1.57 bits per heavy atom. The number of hydrogen-bond acceptors (Lipinski definition) is 4. The van der Waals surface area contributed by atoms with Crippen molar-refractivity contribution in [3.63, 3.8) is 0 Å². The van der Waals surface area contributed by atoms with Crippen molar-refractivity contribution in [3.05, 3.63) is 78.4 Å². The van der Waals surface area contributed by atoms with Crippen LogP contribution in [0.3, 0.4) is 0 Å². The SMILES string of the molecule is COc1ccc(CCC2CCN(C(=O)C(C)Oc3ccccc3-c3ccccc3)CC2)cc1OC. The molecular formula is C30H35NO4. The first-order chi connectivity index (χ1) is 17.1. The van der Waals surface area contributed by atoms with Crippen LogP contribution in [0.4, 0.5) is 0 Å². The number of carbonyl (C=O) groups is 1. The molecule has 4 rings (SSSR count). The predicted molar refractivity (Wildman–Crippen MR) is 139 cm³/mol. The number of piperidine rings is 1. The van der Waals surface area contributed by atoms with E-state index in [0.717, 1.165) is 67.1 Å². The molecule has 0 aromatic heterocycles. The van der Waals surface area contributed by atoms with Gasteiger partial charge in [0.2, 0.25) is 0 Å². The molecule has 3 aromatic rings. The van der Waals surface area contributed by atoms with Gasteiger partial charge in [-0.15, -0.1) is 0 Å². The largest absolute Gasteiger partial charge is 0.493 e. The maximum absolute atomic E-state index is 13.1. The second-order valence-corrected chi connectivity index (χ2v) is 9.12. The van der Waals surface area contributed by atoms with Gasteiger partial charge in [-0.1, -0.05) is 54.6 Å². The first-order valence-corrected chi connectivity index (χ1v) is 12.4. The quantitative estimate of drug-likeness (QED) is 0.382. The Morgan fingerprint density at radius 3 is 2.29 bits per heavy atom. The van der Waals surface area contributed by atoms with E-state index in [4.69, 9.17) is 14.2 Å². The fourth-order valence-electron chi connectivity index (χ4n) is 4.77. The van der Waals surface area contributed by atoms with Gasteiger partial charge in [0.15, 0.2) is 17.6 Å². The molecule has 1 unspecified atom stereocenters. The Kier molecular flexibility index (Phi) is 8.30. The molecule has 35 heavy (non-hydrogen) atoms. The Bertz CT molecular complexity index is 1110. The van der Waals surface area contributed by atoms with E-state index in [1.807, 2.05) is 60.4 Å². The lowest BCUT2D eigenvalue weighted by Gasteiger charge is -2.33. The molecule has 0 bridgehead atoms. The van der Waals surface area contributed by atoms with E-state index in [0.29, 0.717) is 5.92 Å². The number of benzene rings is 3. The molecule has 0 radical (unpaired) electrons. The van der Waals surface area contributed by atoms with Crippen molar-refractivity contribution in [3.8, 4) is 28.4 Å². The van der Waals surface area contributed by atoms with Crippen LogP contribution in [-0.4, -0.2) is 44.2 Å². The van der Waals surface area contributed by atoms with Gasteiger partial charge in [0, 0.05) is 18.7 Å². The average Bonchev–Trinajstić information content (AvgIpc) is 2.92. The monoisotopic (exact) mass is 473 g/mol. The minimum atomic E-state index is -0.525. The third-order valence-electron chi connectivity index (χ3n) is 6.84. The van der Waals surface area contributed by atoms with Crippen LogP contribution < -0.4 is 14.2 Å². The number of carbonyl (C=O) groups excluding carboxylic acids is 1. The van der Waals surface area contributed by atoms with Gasteiger partial charge < -0.3 is 19.1 Å². The third kappa shape index (κ3) is 6.16. The lowest BCUT2D eigenvalue weighted by Crippen LogP contribution is -2.44. The van der Waals surface area contributed by atoms with Crippen molar-refractivity contribution in [1.82, 2.24) is 4.90 Å². The van der Waals surface area contributed by atoms with E-state index in [1.165, 1.54) is 5.56 Å². The summed E-state index contributed by atoms with van der Waals surface area (Å²) in [4.78, 5) is 15.1. The number of ether oxygens (including phenoxy) is 3. The maximum Gasteiger partial charge on any atom is 0.263 e. The third-order valence-corrected chi connectivity index (χ3v) is 6.84. The van der Waals surface area contributed by atoms with Gasteiger partial charge in [-0.3, -0.25) is 4.79 Å². The molecule has 1 heterocycles. The van der Waals surface area contributed by atoms with Gasteiger partial charge in [0.25, 0.3) is 5.91 Å². The fourth-order valence-corrected chi connectivity index (χ4v) is 4.77. The van der Waals surface area contributed by atoms with Gasteiger partial charge >= 0.3 is 0 Å². The van der Waals surface area contributed by atoms with E-state index in [-0.39, 0.29) is 5.91 Å². The molecule has 1 saturated heterocycles. The van der Waals surface area contributed by atoms with Gasteiger partial charge in [0.05, 0.1) is 14.2 Å². The molecule has 1 amide bonds. The topological polar surface area (TPSA) is 48.0 Å². The zero-order valence-electron chi connectivity index (χ0n) is 20.9. The van der Waals surface area contributed by atoms with Crippen molar-refractivity contribution in [2.24, 2.45) is 5.92 Å². The van der Waals surface area contributed by atoms with Crippen molar-refractivity contribution in [2.75, 3.05) is 27.3 Å². The number of para-hydroxylation sites is 1. The average molecular weight is 474 g/mol. The molecule has 3 aromatic carbocycles. The first kappa shape index (κ1) is 24.6. The predicted octanol–water partition coefficient (Wildman–Crippen LogP) is 6.01. The number of methoxy groups -OCH3 is 2. The highest BCUT2D eigenvalue weighted by Crippen LogP contribution is 2.32. The number of rotatable bonds is 9. The second kappa shape index (κ2) is 11.8. The minimum Gasteiger partial charge on any atom is -0.493 e. The van der Waals surface area contributed by atoms with Crippen LogP contribution in [0, 0.1) is 5.92 Å². The zero-order valence-corrected chi connectivity index (χ0v) is 20.9. The van der Waals surface area contributed by atoms with Crippen LogP contribution in [-0.2, 0) is 11.2 Å². The van der Waals surface area contributed by atoms with Crippen LogP contribution in [0.2, 0.25) is 0 Å². The van der Waals surface area contributed by atoms with E-state index < -0.39 is 6.10 Å². The first-order valence-electron chi connectivity index (χ1n) is 12.4. The second-order valence-electron chi connectivity index (χ2n) is 9.12. The summed E-state index contributed by atoms with van der Waals surface area (Å²) in [5.41, 5.74) is 3.33. The summed E-state index contributed by atoms with van der Waals surface area (Å²) in [7, 11) is 3.32. The smallest absolute Gasteiger partial charge is 0.263 e. The number of hydrogen-bond donors (Lipinski definition) is 0. The van der Waals surface area contributed by atoms with Crippen LogP contribution in [0.5, 0.6) is 17.2 Å². The summed E-state index contributed by atoms with van der Waals surface area (Å²) in [6.45, 7) is 3.42. The van der Waals surface area contributed by atoms with Crippen molar-refractivity contribution < 1.29 is 19.0 Å². The van der Waals surface area contributed by atoms with Crippen molar-refractivity contribution in [1.29, 1.82) is 0 Å². The summed E-state index contributed by atoms with van der Waals surface area (Å²) in [6, 6.07) is 24.2. The van der Waals surface area contributed by atoms with Gasteiger partial charge in [-0.05, 0) is 67.9 Å². The summed E-state index contributed by atoms with van der Waals surface area (Å²) < 4.78 is 16.9. The highest BCUT2D eigenvalue weighted by molar-refractivity contribution is 5.81. The van der Waals surface area contributed by atoms with Crippen LogP contribution in [0.15, 0.2) is 72.8 Å². The Balaban J connectivity index is 1.29. The van der Waals surface area contributed by atoms with Crippen LogP contribution in [0.1, 0.15) is 31.7 Å². The summed E-state index contributed by atoms with van der Waals surface area (Å²) in [6.07, 6.45) is 3.62. The Hall–Kier alpha value is -3.47. The molecule has 0 saturated carbocycles. The van der Waals surface area contributed by atoms with Gasteiger partial charge in [0.1, 0.15) is 5.75 Å². The molecule has 5 heteroatoms. The summed E-state index contributed by atoms with van der Waals surface area (Å²) >= 11 is 0. The molecule has 0 spiro atoms. The van der Waals surface area contributed by atoms with Crippen molar-refractivity contribution >= 4 is 5.91 Å². The van der Waals surface area contributed by atoms with Crippen LogP contribution in [0.25, 0.3) is 11.1 Å². The van der Waals surface area contributed by atoms with Gasteiger partial charge in [-0.2, -0.15) is 0 Å². The number of nitrogens with zero attached hydrogens (tertiary/aromatic N) is 1. The normalized spacial score (nSPS) is 14.9. The van der Waals surface area contributed by atoms with Crippen LogP contribution >= 0.6 is 0 Å². The molecule has 1 aliphatic rings. The van der Waals surface area contributed by atoms with E-state index >= 15 is 0 Å². The molecule has 0 N–H and O–H groups in total. The number of likely N-dealkylation sites (tertiary alicyclic amines) is 1. The summed E-state index contributed by atoms with van der Waals surface area (Å²) in [5, 5.41) is 0. The molecule has 1 aliphatic heterocycles. The Labute approximate surface area is 208 Å². The molecule has 1 fully saturated rings. The maximum atomic E-state index is 13.1. The van der Waals surface area contributed by atoms with E-state index in [1.54, 1.807) is 14.2 Å². The molecule has 1 atom stereocenters. The lowest BCUT2D eigenvalue weighted by molar-refractivity contribution is -0.139. The van der Waals surface area contributed by atoms with Gasteiger partial charge in [-0.25, -0.2) is 0 Å². The Morgan fingerprint density at radius 1 is 0.886 bits per heavy atom. The molecule has 184 valence electrons.